The van der Waals surface area contributed by atoms with Gasteiger partial charge >= 0.3 is 5.76 Å². The second kappa shape index (κ2) is 5.24. The molecule has 6 nitrogen and oxygen atoms in total. The number of aromatic nitrogens is 3. The number of nitrogens with one attached hydrogen (secondary N) is 2. The van der Waals surface area contributed by atoms with Gasteiger partial charge in [0.15, 0.2) is 5.58 Å². The highest BCUT2D eigenvalue weighted by molar-refractivity contribution is 5.76. The summed E-state index contributed by atoms with van der Waals surface area (Å²) in [5.41, 5.74) is 2.24. The van der Waals surface area contributed by atoms with Gasteiger partial charge in [0.1, 0.15) is 0 Å². The van der Waals surface area contributed by atoms with Gasteiger partial charge in [-0.2, -0.15) is 5.10 Å². The van der Waals surface area contributed by atoms with Crippen molar-refractivity contribution in [2.24, 2.45) is 0 Å². The summed E-state index contributed by atoms with van der Waals surface area (Å²) in [7, 11) is 0. The van der Waals surface area contributed by atoms with Gasteiger partial charge in [-0.3, -0.25) is 9.67 Å². The lowest BCUT2D eigenvalue weighted by atomic mass is 10.2. The van der Waals surface area contributed by atoms with E-state index in [-0.39, 0.29) is 0 Å². The average molecular weight is 272 g/mol. The zero-order valence-electron chi connectivity index (χ0n) is 11.2. The first kappa shape index (κ1) is 12.5. The van der Waals surface area contributed by atoms with E-state index in [1.54, 1.807) is 12.3 Å². The lowest BCUT2D eigenvalue weighted by Crippen LogP contribution is -2.17. The maximum absolute atomic E-state index is 11.1. The molecule has 104 valence electrons. The molecule has 2 heterocycles. The molecule has 0 aliphatic heterocycles. The van der Waals surface area contributed by atoms with Gasteiger partial charge in [-0.15, -0.1) is 0 Å². The van der Waals surface area contributed by atoms with Crippen molar-refractivity contribution in [2.45, 2.75) is 25.9 Å². The van der Waals surface area contributed by atoms with Gasteiger partial charge in [0.2, 0.25) is 0 Å². The van der Waals surface area contributed by atoms with Gasteiger partial charge < -0.3 is 9.73 Å². The highest BCUT2D eigenvalue weighted by Crippen LogP contribution is 2.17. The Morgan fingerprint density at radius 3 is 3.20 bits per heavy atom. The molecule has 0 radical (unpaired) electrons. The van der Waals surface area contributed by atoms with Crippen molar-refractivity contribution in [3.8, 4) is 0 Å². The molecule has 2 N–H and O–H groups in total. The van der Waals surface area contributed by atoms with E-state index >= 15 is 0 Å². The van der Waals surface area contributed by atoms with Gasteiger partial charge in [0, 0.05) is 30.7 Å². The number of fused-ring (bicyclic) bond motifs is 1. The van der Waals surface area contributed by atoms with Crippen molar-refractivity contribution in [2.75, 3.05) is 5.32 Å². The number of aryl methyl sites for hydroxylation is 1. The van der Waals surface area contributed by atoms with Crippen LogP contribution in [0.3, 0.4) is 0 Å². The molecule has 0 saturated heterocycles. The summed E-state index contributed by atoms with van der Waals surface area (Å²) >= 11 is 0. The van der Waals surface area contributed by atoms with Crippen LogP contribution in [0.2, 0.25) is 0 Å². The zero-order valence-corrected chi connectivity index (χ0v) is 11.2. The van der Waals surface area contributed by atoms with Gasteiger partial charge in [0.25, 0.3) is 0 Å². The van der Waals surface area contributed by atoms with Crippen LogP contribution < -0.4 is 11.1 Å². The minimum atomic E-state index is -0.427. The Bertz CT molecular complexity index is 742. The fourth-order valence-corrected chi connectivity index (χ4v) is 2.16. The van der Waals surface area contributed by atoms with Crippen LogP contribution in [0.25, 0.3) is 11.1 Å². The quantitative estimate of drug-likeness (QED) is 0.746. The van der Waals surface area contributed by atoms with Crippen molar-refractivity contribution in [3.05, 3.63) is 47.2 Å². The molecule has 1 atom stereocenters. The van der Waals surface area contributed by atoms with E-state index in [0.717, 1.165) is 18.7 Å². The molecule has 0 aliphatic carbocycles. The molecule has 0 bridgehead atoms. The van der Waals surface area contributed by atoms with Crippen LogP contribution in [0.15, 0.2) is 45.9 Å². The largest absolute Gasteiger partial charge is 0.417 e. The molecule has 1 aromatic carbocycles. The molecular weight excluding hydrogens is 256 g/mol. The van der Waals surface area contributed by atoms with Crippen molar-refractivity contribution in [1.82, 2.24) is 14.8 Å². The first-order chi connectivity index (χ1) is 9.70. The molecule has 0 amide bonds. The SMILES string of the molecule is C[C@H](CCn1cccn1)Nc1ccc2oc(=O)[nH]c2c1. The summed E-state index contributed by atoms with van der Waals surface area (Å²) < 4.78 is 6.89. The highest BCUT2D eigenvalue weighted by atomic mass is 16.4. The van der Waals surface area contributed by atoms with Crippen LogP contribution in [-0.2, 0) is 6.54 Å². The molecule has 0 spiro atoms. The Morgan fingerprint density at radius 2 is 2.40 bits per heavy atom. The number of aromatic amines is 1. The molecule has 0 saturated carbocycles. The van der Waals surface area contributed by atoms with Gasteiger partial charge in [-0.25, -0.2) is 4.79 Å². The summed E-state index contributed by atoms with van der Waals surface area (Å²) in [6.07, 6.45) is 4.69. The molecule has 0 aliphatic rings. The molecule has 3 rings (SSSR count). The van der Waals surface area contributed by atoms with E-state index < -0.39 is 5.76 Å². The number of anilines is 1. The van der Waals surface area contributed by atoms with Crippen molar-refractivity contribution in [3.63, 3.8) is 0 Å². The van der Waals surface area contributed by atoms with Crippen LogP contribution in [-0.4, -0.2) is 20.8 Å². The molecule has 0 fully saturated rings. The topological polar surface area (TPSA) is 75.8 Å². The van der Waals surface area contributed by atoms with E-state index in [4.69, 9.17) is 4.42 Å². The van der Waals surface area contributed by atoms with E-state index in [1.807, 2.05) is 29.1 Å². The predicted molar refractivity (Wildman–Crippen MR) is 76.8 cm³/mol. The van der Waals surface area contributed by atoms with Crippen LogP contribution in [0, 0.1) is 0 Å². The number of nitrogens with zero attached hydrogens (tertiary/aromatic N) is 2. The van der Waals surface area contributed by atoms with Gasteiger partial charge in [-0.1, -0.05) is 0 Å². The smallest absolute Gasteiger partial charge is 0.408 e. The second-order valence-corrected chi connectivity index (χ2v) is 4.83. The maximum atomic E-state index is 11.1. The normalized spacial score (nSPS) is 12.7. The Balaban J connectivity index is 1.64. The summed E-state index contributed by atoms with van der Waals surface area (Å²) in [5, 5.41) is 7.58. The predicted octanol–water partition coefficient (Wildman–Crippen LogP) is 2.21. The van der Waals surface area contributed by atoms with E-state index in [2.05, 4.69) is 22.3 Å². The van der Waals surface area contributed by atoms with E-state index in [0.29, 0.717) is 17.1 Å². The first-order valence-corrected chi connectivity index (χ1v) is 6.57. The first-order valence-electron chi connectivity index (χ1n) is 6.57. The minimum Gasteiger partial charge on any atom is -0.408 e. The third kappa shape index (κ3) is 2.74. The summed E-state index contributed by atoms with van der Waals surface area (Å²) in [5.74, 6) is -0.427. The maximum Gasteiger partial charge on any atom is 0.417 e. The fraction of sp³-hybridized carbons (Fsp3) is 0.286. The van der Waals surface area contributed by atoms with Crippen LogP contribution in [0.5, 0.6) is 0 Å². The number of oxazole rings is 1. The van der Waals surface area contributed by atoms with Crippen molar-refractivity contribution >= 4 is 16.8 Å². The van der Waals surface area contributed by atoms with E-state index in [1.165, 1.54) is 0 Å². The lowest BCUT2D eigenvalue weighted by molar-refractivity contribution is 0.545. The number of benzene rings is 1. The molecule has 20 heavy (non-hydrogen) atoms. The number of rotatable bonds is 5. The molecule has 3 aromatic rings. The monoisotopic (exact) mass is 272 g/mol. The van der Waals surface area contributed by atoms with Crippen molar-refractivity contribution in [1.29, 1.82) is 0 Å². The molecule has 6 heteroatoms. The Morgan fingerprint density at radius 1 is 1.50 bits per heavy atom. The van der Waals surface area contributed by atoms with Gasteiger partial charge in [0.05, 0.1) is 5.52 Å². The fourth-order valence-electron chi connectivity index (χ4n) is 2.16. The summed E-state index contributed by atoms with van der Waals surface area (Å²) in [6.45, 7) is 2.98. The molecule has 0 unspecified atom stereocenters. The summed E-state index contributed by atoms with van der Waals surface area (Å²) in [6, 6.07) is 7.79. The minimum absolute atomic E-state index is 0.301. The number of H-pyrrole nitrogens is 1. The molecular formula is C14H16N4O2. The van der Waals surface area contributed by atoms with Crippen LogP contribution in [0.4, 0.5) is 5.69 Å². The Hall–Kier alpha value is -2.50. The Labute approximate surface area is 115 Å². The number of hydrogen-bond donors (Lipinski definition) is 2. The standard InChI is InChI=1S/C14H16N4O2/c1-10(5-8-18-7-2-6-15-18)16-11-3-4-13-12(9-11)17-14(19)20-13/h2-4,6-7,9-10,16H,5,8H2,1H3,(H,17,19)/t10-/m1/s1. The average Bonchev–Trinajstić information content (AvgIpc) is 3.04. The molecule has 2 aromatic heterocycles. The van der Waals surface area contributed by atoms with Crippen LogP contribution >= 0.6 is 0 Å². The van der Waals surface area contributed by atoms with E-state index in [9.17, 15) is 4.79 Å². The lowest BCUT2D eigenvalue weighted by Gasteiger charge is -2.15. The Kier molecular flexibility index (Phi) is 3.28. The summed E-state index contributed by atoms with van der Waals surface area (Å²) in [4.78, 5) is 13.8. The van der Waals surface area contributed by atoms with Crippen LogP contribution in [0.1, 0.15) is 13.3 Å². The third-order valence-electron chi connectivity index (χ3n) is 3.18. The van der Waals surface area contributed by atoms with Crippen molar-refractivity contribution < 1.29 is 4.42 Å². The number of hydrogen-bond acceptors (Lipinski definition) is 4. The zero-order chi connectivity index (χ0) is 13.9. The second-order valence-electron chi connectivity index (χ2n) is 4.83. The van der Waals surface area contributed by atoms with Gasteiger partial charge in [-0.05, 0) is 37.6 Å². The third-order valence-corrected chi connectivity index (χ3v) is 3.18. The highest BCUT2D eigenvalue weighted by Gasteiger charge is 2.05.